The highest BCUT2D eigenvalue weighted by molar-refractivity contribution is 7.80. The monoisotopic (exact) mass is 156 g/mol. The second kappa shape index (κ2) is 2.58. The van der Waals surface area contributed by atoms with E-state index in [0.717, 1.165) is 6.42 Å². The van der Waals surface area contributed by atoms with Crippen molar-refractivity contribution < 1.29 is 0 Å². The predicted octanol–water partition coefficient (Wildman–Crippen LogP) is 1.15. The molecule has 1 unspecified atom stereocenters. The SMILES string of the molecule is CCC1(C)C=CNC(=S)N1. The third-order valence-corrected chi connectivity index (χ3v) is 2.02. The van der Waals surface area contributed by atoms with Gasteiger partial charge in [0.25, 0.3) is 0 Å². The molecule has 2 N–H and O–H groups in total. The Labute approximate surface area is 66.7 Å². The Bertz CT molecular complexity index is 176. The molecule has 0 spiro atoms. The van der Waals surface area contributed by atoms with Crippen molar-refractivity contribution in [2.24, 2.45) is 0 Å². The van der Waals surface area contributed by atoms with E-state index in [9.17, 15) is 0 Å². The first kappa shape index (κ1) is 7.54. The summed E-state index contributed by atoms with van der Waals surface area (Å²) in [6.45, 7) is 4.25. The molecule has 10 heavy (non-hydrogen) atoms. The van der Waals surface area contributed by atoms with E-state index in [1.807, 2.05) is 6.20 Å². The molecular formula is C7H12N2S. The maximum absolute atomic E-state index is 4.95. The first-order chi connectivity index (χ1) is 4.66. The molecule has 1 aliphatic heterocycles. The van der Waals surface area contributed by atoms with E-state index in [1.54, 1.807) is 0 Å². The number of thiocarbonyl (C=S) groups is 1. The molecule has 0 aliphatic carbocycles. The van der Waals surface area contributed by atoms with E-state index in [1.165, 1.54) is 0 Å². The fraction of sp³-hybridized carbons (Fsp3) is 0.571. The van der Waals surface area contributed by atoms with Gasteiger partial charge < -0.3 is 10.6 Å². The summed E-state index contributed by atoms with van der Waals surface area (Å²) in [5.41, 5.74) is 0.0579. The van der Waals surface area contributed by atoms with Gasteiger partial charge in [-0.3, -0.25) is 0 Å². The van der Waals surface area contributed by atoms with Crippen LogP contribution in [0.2, 0.25) is 0 Å². The van der Waals surface area contributed by atoms with E-state index in [-0.39, 0.29) is 5.54 Å². The van der Waals surface area contributed by atoms with Crippen LogP contribution in [0.5, 0.6) is 0 Å². The molecule has 56 valence electrons. The van der Waals surface area contributed by atoms with Crippen LogP contribution >= 0.6 is 12.2 Å². The van der Waals surface area contributed by atoms with Crippen molar-refractivity contribution in [1.29, 1.82) is 0 Å². The maximum atomic E-state index is 4.95. The zero-order valence-electron chi connectivity index (χ0n) is 6.27. The van der Waals surface area contributed by atoms with Gasteiger partial charge in [0.2, 0.25) is 0 Å². The van der Waals surface area contributed by atoms with Gasteiger partial charge in [0.15, 0.2) is 5.11 Å². The van der Waals surface area contributed by atoms with Crippen LogP contribution in [0.3, 0.4) is 0 Å². The van der Waals surface area contributed by atoms with Crippen molar-refractivity contribution >= 4 is 17.3 Å². The Kier molecular flexibility index (Phi) is 1.94. The Morgan fingerprint density at radius 1 is 1.70 bits per heavy atom. The number of hydrogen-bond donors (Lipinski definition) is 2. The predicted molar refractivity (Wildman–Crippen MR) is 46.7 cm³/mol. The molecule has 2 nitrogen and oxygen atoms in total. The topological polar surface area (TPSA) is 24.1 Å². The van der Waals surface area contributed by atoms with Crippen LogP contribution in [-0.4, -0.2) is 10.7 Å². The summed E-state index contributed by atoms with van der Waals surface area (Å²) in [5.74, 6) is 0. The zero-order valence-corrected chi connectivity index (χ0v) is 7.09. The quantitative estimate of drug-likeness (QED) is 0.557. The van der Waals surface area contributed by atoms with E-state index >= 15 is 0 Å². The van der Waals surface area contributed by atoms with E-state index in [0.29, 0.717) is 5.11 Å². The molecule has 3 heteroatoms. The minimum atomic E-state index is 0.0579. The van der Waals surface area contributed by atoms with Crippen LogP contribution in [-0.2, 0) is 0 Å². The molecule has 0 amide bonds. The van der Waals surface area contributed by atoms with Crippen molar-refractivity contribution in [2.75, 3.05) is 0 Å². The van der Waals surface area contributed by atoms with Crippen molar-refractivity contribution in [2.45, 2.75) is 25.8 Å². The second-order valence-corrected chi connectivity index (χ2v) is 3.11. The Morgan fingerprint density at radius 3 is 2.80 bits per heavy atom. The van der Waals surface area contributed by atoms with Gasteiger partial charge in [-0.15, -0.1) is 0 Å². The molecule has 0 radical (unpaired) electrons. The molecule has 0 saturated carbocycles. The largest absolute Gasteiger partial charge is 0.354 e. The van der Waals surface area contributed by atoms with E-state index < -0.39 is 0 Å². The molecule has 0 aromatic carbocycles. The summed E-state index contributed by atoms with van der Waals surface area (Å²) < 4.78 is 0. The second-order valence-electron chi connectivity index (χ2n) is 2.70. The van der Waals surface area contributed by atoms with E-state index in [4.69, 9.17) is 12.2 Å². The van der Waals surface area contributed by atoms with Crippen molar-refractivity contribution in [3.05, 3.63) is 12.3 Å². The number of nitrogens with one attached hydrogen (secondary N) is 2. The van der Waals surface area contributed by atoms with Crippen molar-refractivity contribution in [3.8, 4) is 0 Å². The summed E-state index contributed by atoms with van der Waals surface area (Å²) in [5, 5.41) is 6.80. The first-order valence-electron chi connectivity index (χ1n) is 3.43. The van der Waals surface area contributed by atoms with Crippen molar-refractivity contribution in [3.63, 3.8) is 0 Å². The third-order valence-electron chi connectivity index (χ3n) is 1.80. The summed E-state index contributed by atoms with van der Waals surface area (Å²) in [7, 11) is 0. The normalized spacial score (nSPS) is 31.2. The smallest absolute Gasteiger partial charge is 0.170 e. The fourth-order valence-electron chi connectivity index (χ4n) is 0.845. The average Bonchev–Trinajstić information content (AvgIpc) is 1.88. The Morgan fingerprint density at radius 2 is 2.40 bits per heavy atom. The molecule has 1 atom stereocenters. The lowest BCUT2D eigenvalue weighted by Gasteiger charge is -2.30. The highest BCUT2D eigenvalue weighted by atomic mass is 32.1. The van der Waals surface area contributed by atoms with Gasteiger partial charge in [-0.1, -0.05) is 6.92 Å². The summed E-state index contributed by atoms with van der Waals surface area (Å²) in [4.78, 5) is 0. The molecule has 1 rings (SSSR count). The molecule has 0 fully saturated rings. The molecular weight excluding hydrogens is 144 g/mol. The van der Waals surface area contributed by atoms with Crippen LogP contribution in [0.1, 0.15) is 20.3 Å². The molecule has 0 saturated heterocycles. The summed E-state index contributed by atoms with van der Waals surface area (Å²) in [6, 6.07) is 0. The highest BCUT2D eigenvalue weighted by Crippen LogP contribution is 2.12. The molecule has 1 aliphatic rings. The molecule has 0 aromatic heterocycles. The maximum Gasteiger partial charge on any atom is 0.170 e. The van der Waals surface area contributed by atoms with E-state index in [2.05, 4.69) is 30.6 Å². The lowest BCUT2D eigenvalue weighted by molar-refractivity contribution is 0.490. The van der Waals surface area contributed by atoms with Crippen LogP contribution in [0.15, 0.2) is 12.3 Å². The third kappa shape index (κ3) is 1.48. The van der Waals surface area contributed by atoms with Crippen LogP contribution in [0.4, 0.5) is 0 Å². The molecule has 1 heterocycles. The first-order valence-corrected chi connectivity index (χ1v) is 3.83. The Hall–Kier alpha value is -0.570. The van der Waals surface area contributed by atoms with Crippen molar-refractivity contribution in [1.82, 2.24) is 10.6 Å². The van der Waals surface area contributed by atoms with Gasteiger partial charge in [-0.2, -0.15) is 0 Å². The van der Waals surface area contributed by atoms with Crippen LogP contribution in [0.25, 0.3) is 0 Å². The van der Waals surface area contributed by atoms with Gasteiger partial charge in [0, 0.05) is 6.20 Å². The van der Waals surface area contributed by atoms with Gasteiger partial charge in [0.05, 0.1) is 5.54 Å². The van der Waals surface area contributed by atoms with Crippen LogP contribution in [0, 0.1) is 0 Å². The van der Waals surface area contributed by atoms with Gasteiger partial charge in [0.1, 0.15) is 0 Å². The minimum Gasteiger partial charge on any atom is -0.354 e. The number of hydrogen-bond acceptors (Lipinski definition) is 1. The molecule has 0 bridgehead atoms. The highest BCUT2D eigenvalue weighted by Gasteiger charge is 2.21. The zero-order chi connectivity index (χ0) is 7.61. The number of rotatable bonds is 1. The lowest BCUT2D eigenvalue weighted by atomic mass is 9.98. The Balaban J connectivity index is 2.71. The standard InChI is InChI=1S/C7H12N2S/c1-3-7(2)4-5-8-6(10)9-7/h4-5H,3H2,1-2H3,(H2,8,9,10). The van der Waals surface area contributed by atoms with Gasteiger partial charge >= 0.3 is 0 Å². The fourth-order valence-corrected chi connectivity index (χ4v) is 1.15. The molecule has 0 aromatic rings. The lowest BCUT2D eigenvalue weighted by Crippen LogP contribution is -2.50. The summed E-state index contributed by atoms with van der Waals surface area (Å²) in [6.07, 6.45) is 5.02. The van der Waals surface area contributed by atoms with Gasteiger partial charge in [-0.25, -0.2) is 0 Å². The minimum absolute atomic E-state index is 0.0579. The van der Waals surface area contributed by atoms with Gasteiger partial charge in [-0.05, 0) is 31.6 Å². The summed E-state index contributed by atoms with van der Waals surface area (Å²) >= 11 is 4.95. The average molecular weight is 156 g/mol. The van der Waals surface area contributed by atoms with Crippen LogP contribution < -0.4 is 10.6 Å².